The van der Waals surface area contributed by atoms with E-state index in [0.717, 1.165) is 46.5 Å². The average Bonchev–Trinajstić information content (AvgIpc) is 2.79. The number of hydrogen-bond acceptors (Lipinski definition) is 5. The lowest BCUT2D eigenvalue weighted by atomic mass is 9.71. The maximum Gasteiger partial charge on any atom is 0.306 e. The van der Waals surface area contributed by atoms with Gasteiger partial charge in [0.1, 0.15) is 0 Å². The summed E-state index contributed by atoms with van der Waals surface area (Å²) in [6.07, 6.45) is 4.43. The summed E-state index contributed by atoms with van der Waals surface area (Å²) in [5.74, 6) is -0.384. The van der Waals surface area contributed by atoms with E-state index in [1.165, 1.54) is 0 Å². The lowest BCUT2D eigenvalue weighted by Gasteiger charge is -2.37. The number of aliphatic carboxylic acids is 1. The molecule has 0 spiro atoms. The number of nitrogens with one attached hydrogen (secondary N) is 1. The maximum absolute atomic E-state index is 11.3. The molecule has 172 valence electrons. The first-order valence-electron chi connectivity index (χ1n) is 11.5. The van der Waals surface area contributed by atoms with E-state index >= 15 is 0 Å². The van der Waals surface area contributed by atoms with Gasteiger partial charge >= 0.3 is 5.97 Å². The summed E-state index contributed by atoms with van der Waals surface area (Å²) in [5.41, 5.74) is 4.95. The molecule has 4 rings (SSSR count). The zero-order chi connectivity index (χ0) is 23.6. The Kier molecular flexibility index (Phi) is 6.47. The maximum atomic E-state index is 11.3. The molecule has 3 aromatic rings. The molecule has 0 saturated heterocycles. The van der Waals surface area contributed by atoms with Crippen LogP contribution in [-0.2, 0) is 10.4 Å². The van der Waals surface area contributed by atoms with E-state index in [1.54, 1.807) is 6.20 Å². The summed E-state index contributed by atoms with van der Waals surface area (Å²) in [4.78, 5) is 19.9. The molecule has 2 aromatic carbocycles. The van der Waals surface area contributed by atoms with Gasteiger partial charge in [0.05, 0.1) is 11.5 Å². The number of aromatic nitrogens is 2. The van der Waals surface area contributed by atoms with E-state index in [9.17, 15) is 15.0 Å². The molecule has 1 aliphatic rings. The fourth-order valence-electron chi connectivity index (χ4n) is 4.80. The van der Waals surface area contributed by atoms with Crippen LogP contribution < -0.4 is 5.32 Å². The number of hydrogen-bond donors (Lipinski definition) is 3. The Labute approximate surface area is 194 Å². The predicted octanol–water partition coefficient (Wildman–Crippen LogP) is 5.60. The van der Waals surface area contributed by atoms with Gasteiger partial charge in [0.15, 0.2) is 0 Å². The largest absolute Gasteiger partial charge is 0.481 e. The zero-order valence-corrected chi connectivity index (χ0v) is 19.4. The van der Waals surface area contributed by atoms with Crippen molar-refractivity contribution < 1.29 is 15.0 Å². The zero-order valence-electron chi connectivity index (χ0n) is 19.4. The summed E-state index contributed by atoms with van der Waals surface area (Å²) in [7, 11) is 0. The van der Waals surface area contributed by atoms with Crippen LogP contribution in [0.25, 0.3) is 11.1 Å². The van der Waals surface area contributed by atoms with Gasteiger partial charge in [0.25, 0.3) is 0 Å². The van der Waals surface area contributed by atoms with Gasteiger partial charge in [-0.05, 0) is 92.8 Å². The molecule has 1 aromatic heterocycles. The Bertz CT molecular complexity index is 1130. The van der Waals surface area contributed by atoms with E-state index in [-0.39, 0.29) is 11.8 Å². The van der Waals surface area contributed by atoms with Crippen molar-refractivity contribution in [1.82, 2.24) is 9.97 Å². The van der Waals surface area contributed by atoms with Gasteiger partial charge in [0.2, 0.25) is 5.95 Å². The second-order valence-electron chi connectivity index (χ2n) is 9.35. The Morgan fingerprint density at radius 1 is 1.00 bits per heavy atom. The molecule has 6 nitrogen and oxygen atoms in total. The van der Waals surface area contributed by atoms with Crippen LogP contribution >= 0.6 is 0 Å². The van der Waals surface area contributed by atoms with Crippen LogP contribution in [0, 0.1) is 25.7 Å². The molecule has 1 atom stereocenters. The molecule has 6 heteroatoms. The summed E-state index contributed by atoms with van der Waals surface area (Å²) in [6.45, 7) is 5.84. The number of carbonyl (C=O) groups is 1. The second-order valence-corrected chi connectivity index (χ2v) is 9.35. The third kappa shape index (κ3) is 5.22. The minimum atomic E-state index is -0.982. The molecule has 1 fully saturated rings. The first-order valence-corrected chi connectivity index (χ1v) is 11.5. The molecule has 3 N–H and O–H groups in total. The van der Waals surface area contributed by atoms with Crippen molar-refractivity contribution in [2.75, 3.05) is 5.32 Å². The number of carboxylic acids is 1. The molecule has 0 aliphatic heterocycles. The van der Waals surface area contributed by atoms with Gasteiger partial charge in [0, 0.05) is 17.6 Å². The van der Waals surface area contributed by atoms with Crippen LogP contribution in [-0.4, -0.2) is 26.2 Å². The van der Waals surface area contributed by atoms with E-state index in [4.69, 9.17) is 0 Å². The van der Waals surface area contributed by atoms with Crippen molar-refractivity contribution in [3.63, 3.8) is 0 Å². The van der Waals surface area contributed by atoms with E-state index in [0.29, 0.717) is 18.8 Å². The van der Waals surface area contributed by atoms with E-state index < -0.39 is 11.6 Å². The Balaban J connectivity index is 1.52. The first kappa shape index (κ1) is 22.9. The highest BCUT2D eigenvalue weighted by Gasteiger charge is 2.37. The Morgan fingerprint density at radius 2 is 1.70 bits per heavy atom. The van der Waals surface area contributed by atoms with Gasteiger partial charge in [-0.3, -0.25) is 4.79 Å². The highest BCUT2D eigenvalue weighted by molar-refractivity contribution is 5.71. The topological polar surface area (TPSA) is 95.3 Å². The number of nitrogens with zero attached hydrogens (tertiary/aromatic N) is 2. The quantitative estimate of drug-likeness (QED) is 0.457. The highest BCUT2D eigenvalue weighted by Crippen LogP contribution is 2.41. The number of aliphatic hydroxyl groups is 1. The molecule has 0 radical (unpaired) electrons. The molecule has 33 heavy (non-hydrogen) atoms. The minimum absolute atomic E-state index is 0.0584. The van der Waals surface area contributed by atoms with Crippen molar-refractivity contribution in [3.8, 4) is 11.1 Å². The van der Waals surface area contributed by atoms with Crippen LogP contribution in [0.4, 0.5) is 11.6 Å². The Hall–Kier alpha value is -3.25. The fourth-order valence-corrected chi connectivity index (χ4v) is 4.80. The van der Waals surface area contributed by atoms with Crippen molar-refractivity contribution in [2.24, 2.45) is 11.8 Å². The van der Waals surface area contributed by atoms with Crippen molar-refractivity contribution in [2.45, 2.75) is 52.1 Å². The molecule has 1 unspecified atom stereocenters. The van der Waals surface area contributed by atoms with Gasteiger partial charge in [-0.2, -0.15) is 0 Å². The van der Waals surface area contributed by atoms with Gasteiger partial charge in [-0.1, -0.05) is 30.3 Å². The molecule has 0 amide bonds. The summed E-state index contributed by atoms with van der Waals surface area (Å²) < 4.78 is 0. The lowest BCUT2D eigenvalue weighted by Crippen LogP contribution is -2.35. The third-order valence-electron chi connectivity index (χ3n) is 6.80. The van der Waals surface area contributed by atoms with Crippen molar-refractivity contribution >= 4 is 17.6 Å². The SMILES string of the molecule is Cc1cc(Nc2nccc(C)n2)cc(-c2ccc(C(C)(O)C3CCC(C(=O)O)CC3)cc2)c1. The summed E-state index contributed by atoms with van der Waals surface area (Å²) >= 11 is 0. The van der Waals surface area contributed by atoms with Crippen LogP contribution in [0.15, 0.2) is 54.7 Å². The fraction of sp³-hybridized carbons (Fsp3) is 0.370. The average molecular weight is 446 g/mol. The van der Waals surface area contributed by atoms with Crippen LogP contribution in [0.3, 0.4) is 0 Å². The lowest BCUT2D eigenvalue weighted by molar-refractivity contribution is -0.144. The van der Waals surface area contributed by atoms with Gasteiger partial charge in [-0.25, -0.2) is 9.97 Å². The molecular formula is C27H31N3O3. The predicted molar refractivity (Wildman–Crippen MR) is 129 cm³/mol. The number of aryl methyl sites for hydroxylation is 2. The monoisotopic (exact) mass is 445 g/mol. The van der Waals surface area contributed by atoms with Gasteiger partial charge in [-0.15, -0.1) is 0 Å². The van der Waals surface area contributed by atoms with Gasteiger partial charge < -0.3 is 15.5 Å². The summed E-state index contributed by atoms with van der Waals surface area (Å²) in [5, 5.41) is 23.8. The van der Waals surface area contributed by atoms with Crippen molar-refractivity contribution in [1.29, 1.82) is 0 Å². The third-order valence-corrected chi connectivity index (χ3v) is 6.80. The number of rotatable bonds is 6. The van der Waals surface area contributed by atoms with Crippen molar-refractivity contribution in [3.05, 3.63) is 71.5 Å². The Morgan fingerprint density at radius 3 is 2.33 bits per heavy atom. The molecule has 0 bridgehead atoms. The van der Waals surface area contributed by atoms with E-state index in [1.807, 2.05) is 44.2 Å². The van der Waals surface area contributed by atoms with Crippen LogP contribution in [0.1, 0.15) is 49.4 Å². The number of benzene rings is 2. The summed E-state index contributed by atoms with van der Waals surface area (Å²) in [6, 6.07) is 16.2. The van der Waals surface area contributed by atoms with Crippen LogP contribution in [0.2, 0.25) is 0 Å². The minimum Gasteiger partial charge on any atom is -0.481 e. The smallest absolute Gasteiger partial charge is 0.306 e. The highest BCUT2D eigenvalue weighted by atomic mass is 16.4. The number of carboxylic acid groups (broad SMARTS) is 1. The second kappa shape index (κ2) is 9.32. The first-order chi connectivity index (χ1) is 15.7. The molecule has 1 saturated carbocycles. The van der Waals surface area contributed by atoms with Crippen LogP contribution in [0.5, 0.6) is 0 Å². The van der Waals surface area contributed by atoms with E-state index in [2.05, 4.69) is 40.4 Å². The molecular weight excluding hydrogens is 414 g/mol. The standard InChI is InChI=1S/C27H31N3O3/c1-17-14-21(16-24(15-17)30-26-28-13-12-18(2)29-26)19-4-8-22(9-5-19)27(3,33)23-10-6-20(7-11-23)25(31)32/h4-5,8-9,12-16,20,23,33H,6-7,10-11H2,1-3H3,(H,31,32)(H,28,29,30). The molecule has 1 heterocycles. The normalized spacial score (nSPS) is 20.1. The number of anilines is 2. The molecule has 1 aliphatic carbocycles.